The first-order chi connectivity index (χ1) is 11.4. The molecule has 0 aliphatic carbocycles. The molecule has 1 unspecified atom stereocenters. The lowest BCUT2D eigenvalue weighted by Gasteiger charge is -2.51. The number of unbranched alkanes of at least 4 members (excludes halogenated alkanes) is 1. The van der Waals surface area contributed by atoms with Gasteiger partial charge in [-0.15, -0.1) is 6.58 Å². The van der Waals surface area contributed by atoms with Gasteiger partial charge in [0.15, 0.2) is 0 Å². The largest absolute Gasteiger partial charge is 0.412 e. The van der Waals surface area contributed by atoms with Gasteiger partial charge in [0, 0.05) is 5.22 Å². The van der Waals surface area contributed by atoms with E-state index in [0.29, 0.717) is 0 Å². The van der Waals surface area contributed by atoms with Crippen molar-refractivity contribution in [1.82, 2.24) is 0 Å². The molecular weight excluding hydrogens is 356 g/mol. The van der Waals surface area contributed by atoms with Crippen molar-refractivity contribution in [2.45, 2.75) is 116 Å². The van der Waals surface area contributed by atoms with E-state index in [1.165, 1.54) is 18.9 Å². The topological polar surface area (TPSA) is 18.5 Å². The maximum Gasteiger partial charge on any atom is 0.214 e. The lowest BCUT2D eigenvalue weighted by molar-refractivity contribution is 0.0995. The van der Waals surface area contributed by atoms with E-state index in [-0.39, 0.29) is 11.0 Å². The molecule has 0 fully saturated rings. The zero-order chi connectivity index (χ0) is 19.9. The Balaban J connectivity index is 5.61. The van der Waals surface area contributed by atoms with Gasteiger partial charge in [0.2, 0.25) is 16.6 Å². The Bertz CT molecular complexity index is 402. The molecular formula is C20H46O2Si3. The van der Waals surface area contributed by atoms with Crippen LogP contribution in [-0.2, 0) is 8.85 Å². The van der Waals surface area contributed by atoms with Crippen molar-refractivity contribution in [1.29, 1.82) is 0 Å². The third-order valence-corrected chi connectivity index (χ3v) is 16.3. The monoisotopic (exact) mass is 402 g/mol. The molecule has 0 spiro atoms. The molecule has 0 aliphatic heterocycles. The summed E-state index contributed by atoms with van der Waals surface area (Å²) in [6.45, 7) is 27.5. The lowest BCUT2D eigenvalue weighted by atomic mass is 10.2. The van der Waals surface area contributed by atoms with E-state index < -0.39 is 24.7 Å². The van der Waals surface area contributed by atoms with E-state index in [0.717, 1.165) is 19.3 Å². The molecule has 0 aromatic rings. The first-order valence-corrected chi connectivity index (χ1v) is 19.6. The summed E-state index contributed by atoms with van der Waals surface area (Å²) in [5.41, 5.74) is 2.30. The van der Waals surface area contributed by atoms with Crippen LogP contribution in [0.4, 0.5) is 0 Å². The van der Waals surface area contributed by atoms with Gasteiger partial charge in [-0.05, 0) is 45.5 Å². The minimum absolute atomic E-state index is 0.0779. The molecule has 0 heterocycles. The molecule has 1 atom stereocenters. The zero-order valence-electron chi connectivity index (χ0n) is 18.9. The second kappa shape index (κ2) is 10.0. The third kappa shape index (κ3) is 6.76. The second-order valence-electron chi connectivity index (χ2n) is 9.22. The van der Waals surface area contributed by atoms with Crippen LogP contribution in [-0.4, -0.2) is 35.7 Å². The summed E-state index contributed by atoms with van der Waals surface area (Å²) in [4.78, 5) is 0. The molecule has 0 N–H and O–H groups in total. The number of hydrogen-bond acceptors (Lipinski definition) is 2. The Kier molecular flexibility index (Phi) is 10.1. The van der Waals surface area contributed by atoms with E-state index in [1.54, 1.807) is 0 Å². The fraction of sp³-hybridized carbons (Fsp3) is 0.900. The molecule has 0 radical (unpaired) electrons. The molecule has 25 heavy (non-hydrogen) atoms. The molecule has 5 heteroatoms. The van der Waals surface area contributed by atoms with E-state index >= 15 is 0 Å². The summed E-state index contributed by atoms with van der Waals surface area (Å²) in [6.07, 6.45) is 5.89. The average Bonchev–Trinajstić information content (AvgIpc) is 2.55. The van der Waals surface area contributed by atoms with Crippen LogP contribution in [0.2, 0.25) is 45.3 Å². The molecule has 0 amide bonds. The minimum Gasteiger partial charge on any atom is -0.412 e. The Labute approximate surface area is 162 Å². The van der Waals surface area contributed by atoms with E-state index in [1.807, 2.05) is 5.70 Å². The van der Waals surface area contributed by atoms with Crippen molar-refractivity contribution in [3.8, 4) is 0 Å². The fourth-order valence-electron chi connectivity index (χ4n) is 4.04. The van der Waals surface area contributed by atoms with Crippen molar-refractivity contribution in [3.63, 3.8) is 0 Å². The zero-order valence-corrected chi connectivity index (χ0v) is 21.9. The van der Waals surface area contributed by atoms with Gasteiger partial charge in [0.25, 0.3) is 0 Å². The first kappa shape index (κ1) is 25.3. The predicted molar refractivity (Wildman–Crippen MR) is 122 cm³/mol. The predicted octanol–water partition coefficient (Wildman–Crippen LogP) is 7.08. The summed E-state index contributed by atoms with van der Waals surface area (Å²) in [5.74, 6) is 0. The highest BCUT2D eigenvalue weighted by atomic mass is 28.4. The van der Waals surface area contributed by atoms with Gasteiger partial charge < -0.3 is 8.85 Å². The normalized spacial score (nSPS) is 15.3. The van der Waals surface area contributed by atoms with Crippen LogP contribution in [0, 0.1) is 0 Å². The molecule has 0 rings (SSSR count). The van der Waals surface area contributed by atoms with Gasteiger partial charge in [-0.1, -0.05) is 65.4 Å². The Morgan fingerprint density at radius 2 is 1.48 bits per heavy atom. The van der Waals surface area contributed by atoms with Crippen LogP contribution in [0.15, 0.2) is 12.3 Å². The Morgan fingerprint density at radius 1 is 0.960 bits per heavy atom. The second-order valence-corrected chi connectivity index (χ2v) is 22.3. The summed E-state index contributed by atoms with van der Waals surface area (Å²) in [5, 5.41) is 0.0779. The third-order valence-electron chi connectivity index (χ3n) is 6.07. The van der Waals surface area contributed by atoms with E-state index in [4.69, 9.17) is 8.85 Å². The summed E-state index contributed by atoms with van der Waals surface area (Å²) < 4.78 is 13.8. The molecule has 2 nitrogen and oxygen atoms in total. The average molecular weight is 403 g/mol. The molecule has 0 bridgehead atoms. The van der Waals surface area contributed by atoms with Crippen LogP contribution < -0.4 is 0 Å². The molecule has 0 aromatic carbocycles. The van der Waals surface area contributed by atoms with Crippen molar-refractivity contribution < 1.29 is 8.85 Å². The standard InChI is InChI=1S/C20H46O2Si3/c1-12-17-18-23(6,7)20(14-3,15-4)22-25(10,11)19(13-2)21-24(8,9)16-5/h16,19H,5,12-15,17-18H2,1-4,6-11H3. The Hall–Kier alpha value is 0.311. The van der Waals surface area contributed by atoms with Crippen molar-refractivity contribution in [2.24, 2.45) is 0 Å². The highest BCUT2D eigenvalue weighted by Gasteiger charge is 2.50. The Morgan fingerprint density at radius 3 is 1.84 bits per heavy atom. The molecule has 0 aliphatic rings. The minimum atomic E-state index is -1.99. The summed E-state index contributed by atoms with van der Waals surface area (Å²) >= 11 is 0. The number of rotatable bonds is 13. The van der Waals surface area contributed by atoms with Gasteiger partial charge in [0.1, 0.15) is 0 Å². The highest BCUT2D eigenvalue weighted by Crippen LogP contribution is 2.39. The lowest BCUT2D eigenvalue weighted by Crippen LogP contribution is -2.63. The van der Waals surface area contributed by atoms with Crippen molar-refractivity contribution in [2.75, 3.05) is 0 Å². The van der Waals surface area contributed by atoms with Crippen LogP contribution >= 0.6 is 0 Å². The maximum absolute atomic E-state index is 7.19. The molecule has 0 aromatic heterocycles. The smallest absolute Gasteiger partial charge is 0.214 e. The van der Waals surface area contributed by atoms with Gasteiger partial charge in [-0.3, -0.25) is 0 Å². The van der Waals surface area contributed by atoms with Gasteiger partial charge >= 0.3 is 0 Å². The van der Waals surface area contributed by atoms with Gasteiger partial charge in [0.05, 0.1) is 13.8 Å². The molecule has 150 valence electrons. The first-order valence-electron chi connectivity index (χ1n) is 10.4. The summed E-state index contributed by atoms with van der Waals surface area (Å²) in [7, 11) is -5.28. The maximum atomic E-state index is 7.19. The quantitative estimate of drug-likeness (QED) is 0.306. The highest BCUT2D eigenvalue weighted by molar-refractivity contribution is 6.82. The van der Waals surface area contributed by atoms with Crippen LogP contribution in [0.1, 0.15) is 59.8 Å². The van der Waals surface area contributed by atoms with E-state index in [9.17, 15) is 0 Å². The van der Waals surface area contributed by atoms with Crippen LogP contribution in [0.3, 0.4) is 0 Å². The fourth-order valence-corrected chi connectivity index (χ4v) is 15.0. The van der Waals surface area contributed by atoms with Crippen LogP contribution in [0.25, 0.3) is 0 Å². The molecule has 0 saturated carbocycles. The number of hydrogen-bond donors (Lipinski definition) is 0. The summed E-state index contributed by atoms with van der Waals surface area (Å²) in [6, 6.07) is 1.36. The SMILES string of the molecule is C=C[Si](C)(C)OC(CC)[Si](C)(C)OC(CC)(CC)[Si](C)(C)CCCC. The van der Waals surface area contributed by atoms with Gasteiger partial charge in [-0.25, -0.2) is 0 Å². The molecule has 0 saturated heterocycles. The van der Waals surface area contributed by atoms with Crippen LogP contribution in [0.5, 0.6) is 0 Å². The van der Waals surface area contributed by atoms with E-state index in [2.05, 4.69) is 73.6 Å². The van der Waals surface area contributed by atoms with Crippen molar-refractivity contribution in [3.05, 3.63) is 12.3 Å². The van der Waals surface area contributed by atoms with Crippen molar-refractivity contribution >= 4 is 24.7 Å². The van der Waals surface area contributed by atoms with Gasteiger partial charge in [-0.2, -0.15) is 0 Å².